The normalized spacial score (nSPS) is 12.3. The van der Waals surface area contributed by atoms with Crippen molar-refractivity contribution in [3.8, 4) is 45.1 Å². The van der Waals surface area contributed by atoms with Crippen LogP contribution in [0.2, 0.25) is 10.3 Å². The number of nitrogens with two attached hydrogens (primary N) is 1. The largest absolute Gasteiger partial charge is 0.421 e. The number of rotatable bonds is 12. The average molecular weight is 1100 g/mol. The van der Waals surface area contributed by atoms with Gasteiger partial charge in [0.1, 0.15) is 5.15 Å². The van der Waals surface area contributed by atoms with Crippen molar-refractivity contribution in [2.45, 2.75) is 36.3 Å². The third kappa shape index (κ3) is 10.5. The molecule has 0 aliphatic carbocycles. The number of H-pyrrole nitrogens is 1. The number of primary sulfonamides is 1. The lowest BCUT2D eigenvalue weighted by molar-refractivity contribution is 0.533. The molecule has 0 spiro atoms. The molecule has 0 aliphatic heterocycles. The van der Waals surface area contributed by atoms with Gasteiger partial charge in [-0.15, -0.1) is 20.4 Å². The number of aromatic amines is 1. The standard InChI is InChI=1S/C23H19ClN6O5S2.C21H17ClN8O4S2/c1-13-4-6-17(7-5-13)37(33,34)30-21-10-15(16-9-20(22(24)25-11-16)29-36(3,31)32)8-18(19(21)12-26-30)23-28-27-14(2)35-23;1-12-2-4-16(5-3-12)36(33,34)30-19-8-13(7-17(18(19)10-25-30)21-26-28-29-27-21)14-6-15(11-35(23,31)32)20(22)24-9-14/h4-12,29H,1-3H3;2-10H,11H2,1H3,(H2,23,31,32)(H,26,27,28,29). The first kappa shape index (κ1) is 50.4. The third-order valence-corrected chi connectivity index (χ3v) is 16.0. The number of halogens is 2. The number of tetrazole rings is 1. The second kappa shape index (κ2) is 19.1. The van der Waals surface area contributed by atoms with Crippen molar-refractivity contribution >= 4 is 90.8 Å². The summed E-state index contributed by atoms with van der Waals surface area (Å²) in [6.45, 7) is 5.35. The van der Waals surface area contributed by atoms with Crippen LogP contribution in [0.1, 0.15) is 22.6 Å². The van der Waals surface area contributed by atoms with Gasteiger partial charge in [0.2, 0.25) is 37.7 Å². The Morgan fingerprint density at radius 2 is 1.15 bits per heavy atom. The van der Waals surface area contributed by atoms with E-state index in [0.29, 0.717) is 50.0 Å². The van der Waals surface area contributed by atoms with Crippen LogP contribution in [0.15, 0.2) is 124 Å². The van der Waals surface area contributed by atoms with Crippen LogP contribution in [0.3, 0.4) is 0 Å². The van der Waals surface area contributed by atoms with Gasteiger partial charge in [0.25, 0.3) is 20.0 Å². The second-order valence-corrected chi connectivity index (χ2v) is 23.9. The van der Waals surface area contributed by atoms with Crippen molar-refractivity contribution < 1.29 is 38.1 Å². The van der Waals surface area contributed by atoms with E-state index in [-0.39, 0.29) is 54.1 Å². The summed E-state index contributed by atoms with van der Waals surface area (Å²) in [5, 5.41) is 36.4. The highest BCUT2D eigenvalue weighted by atomic mass is 35.5. The quantitative estimate of drug-likeness (QED) is 0.113. The summed E-state index contributed by atoms with van der Waals surface area (Å²) in [6.07, 6.45) is 6.69. The van der Waals surface area contributed by atoms with Crippen LogP contribution in [-0.4, -0.2) is 99.1 Å². The summed E-state index contributed by atoms with van der Waals surface area (Å²) in [5.74, 6) is 0.168. The number of pyridine rings is 2. The molecule has 0 radical (unpaired) electrons. The van der Waals surface area contributed by atoms with Crippen molar-refractivity contribution in [3.63, 3.8) is 0 Å². The second-order valence-electron chi connectivity index (χ2n) is 16.3. The van der Waals surface area contributed by atoms with Crippen LogP contribution < -0.4 is 9.86 Å². The minimum atomic E-state index is -4.06. The van der Waals surface area contributed by atoms with Crippen LogP contribution >= 0.6 is 23.2 Å². The first-order chi connectivity index (χ1) is 34.4. The fourth-order valence-electron chi connectivity index (χ4n) is 7.44. The average Bonchev–Trinajstić information content (AvgIpc) is 4.18. The number of hydrogen-bond donors (Lipinski definition) is 3. The number of anilines is 1. The molecule has 0 unspecified atom stereocenters. The summed E-state index contributed by atoms with van der Waals surface area (Å²) in [7, 11) is -15.6. The van der Waals surface area contributed by atoms with Crippen LogP contribution in [0.25, 0.3) is 66.9 Å². The lowest BCUT2D eigenvalue weighted by atomic mass is 10.0. The molecule has 10 rings (SSSR count). The molecule has 29 heteroatoms. The van der Waals surface area contributed by atoms with E-state index in [2.05, 4.69) is 55.7 Å². The molecule has 23 nitrogen and oxygen atoms in total. The molecule has 0 saturated carbocycles. The van der Waals surface area contributed by atoms with E-state index in [1.54, 1.807) is 55.5 Å². The number of nitrogens with one attached hydrogen (secondary N) is 2. The lowest BCUT2D eigenvalue weighted by Crippen LogP contribution is -2.15. The Balaban J connectivity index is 0.000000180. The van der Waals surface area contributed by atoms with E-state index in [1.165, 1.54) is 61.2 Å². The minimum Gasteiger partial charge on any atom is -0.421 e. The summed E-state index contributed by atoms with van der Waals surface area (Å²) in [4.78, 5) is 8.30. The molecule has 4 aromatic carbocycles. The van der Waals surface area contributed by atoms with Gasteiger partial charge < -0.3 is 4.42 Å². The van der Waals surface area contributed by atoms with Crippen LogP contribution in [-0.2, 0) is 45.8 Å². The molecule has 0 bridgehead atoms. The zero-order valence-electron chi connectivity index (χ0n) is 38.2. The van der Waals surface area contributed by atoms with Gasteiger partial charge in [-0.05, 0) is 90.9 Å². The number of sulfonamides is 2. The highest BCUT2D eigenvalue weighted by molar-refractivity contribution is 7.92. The van der Waals surface area contributed by atoms with Crippen LogP contribution in [0.5, 0.6) is 0 Å². The number of aromatic nitrogens is 12. The van der Waals surface area contributed by atoms with Crippen molar-refractivity contribution in [2.75, 3.05) is 11.0 Å². The topological polar surface area (TPSA) is 329 Å². The molecule has 0 saturated heterocycles. The van der Waals surface area contributed by atoms with Gasteiger partial charge in [0.05, 0.1) is 56.5 Å². The van der Waals surface area contributed by atoms with Crippen LogP contribution in [0, 0.1) is 20.8 Å². The van der Waals surface area contributed by atoms with Crippen molar-refractivity contribution in [1.29, 1.82) is 0 Å². The lowest BCUT2D eigenvalue weighted by Gasteiger charge is -2.11. The van der Waals surface area contributed by atoms with Gasteiger partial charge in [-0.3, -0.25) is 4.72 Å². The molecule has 0 atom stereocenters. The zero-order chi connectivity index (χ0) is 52.2. The Labute approximate surface area is 425 Å². The monoisotopic (exact) mass is 1100 g/mol. The molecular formula is C44H36Cl2N14O9S4. The molecule has 0 amide bonds. The van der Waals surface area contributed by atoms with E-state index < -0.39 is 45.8 Å². The zero-order valence-corrected chi connectivity index (χ0v) is 42.9. The first-order valence-corrected chi connectivity index (χ1v) is 28.2. The molecule has 0 aliphatic rings. The Hall–Kier alpha value is -7.53. The summed E-state index contributed by atoms with van der Waals surface area (Å²) in [6, 6.07) is 22.5. The molecule has 4 N–H and O–H groups in total. The van der Waals surface area contributed by atoms with E-state index in [4.69, 9.17) is 32.8 Å². The predicted octanol–water partition coefficient (Wildman–Crippen LogP) is 6.29. The number of nitrogens with zero attached hydrogens (tertiary/aromatic N) is 11. The van der Waals surface area contributed by atoms with Crippen molar-refractivity contribution in [2.24, 2.45) is 5.14 Å². The van der Waals surface area contributed by atoms with Crippen LogP contribution in [0.4, 0.5) is 5.69 Å². The minimum absolute atomic E-state index is 0.0146. The summed E-state index contributed by atoms with van der Waals surface area (Å²) in [5.41, 5.74) is 5.35. The van der Waals surface area contributed by atoms with Crippen molar-refractivity contribution in [3.05, 3.63) is 143 Å². The number of benzene rings is 4. The van der Waals surface area contributed by atoms with Gasteiger partial charge >= 0.3 is 0 Å². The molecule has 10 aromatic rings. The van der Waals surface area contributed by atoms with Crippen molar-refractivity contribution in [1.82, 2.24) is 59.2 Å². The molecular weight excluding hydrogens is 1070 g/mol. The molecule has 6 aromatic heterocycles. The van der Waals surface area contributed by atoms with Gasteiger partial charge in [0.15, 0.2) is 5.15 Å². The highest BCUT2D eigenvalue weighted by Crippen LogP contribution is 2.38. The van der Waals surface area contributed by atoms with E-state index in [9.17, 15) is 33.7 Å². The maximum absolute atomic E-state index is 13.5. The summed E-state index contributed by atoms with van der Waals surface area (Å²) >= 11 is 12.2. The smallest absolute Gasteiger partial charge is 0.283 e. The maximum Gasteiger partial charge on any atom is 0.283 e. The molecule has 0 fully saturated rings. The van der Waals surface area contributed by atoms with E-state index in [1.807, 2.05) is 13.8 Å². The third-order valence-electron chi connectivity index (χ3n) is 10.8. The predicted molar refractivity (Wildman–Crippen MR) is 270 cm³/mol. The SMILES string of the molecule is Cc1ccc(S(=O)(=O)n2ncc3c(-c4nn[nH]n4)cc(-c4cnc(Cl)c(CS(N)(=O)=O)c4)cc32)cc1.Cc1ccc(S(=O)(=O)n2ncc3c(-c4nnc(C)o4)cc(-c4cnc(Cl)c(NS(C)(=O)=O)c4)cc32)cc1. The van der Waals surface area contributed by atoms with E-state index in [0.717, 1.165) is 25.6 Å². The first-order valence-electron chi connectivity index (χ1n) is 21.0. The van der Waals surface area contributed by atoms with Gasteiger partial charge in [-0.25, -0.2) is 31.9 Å². The fourth-order valence-corrected chi connectivity index (χ4v) is 11.6. The van der Waals surface area contributed by atoms with Gasteiger partial charge in [0, 0.05) is 52.3 Å². The van der Waals surface area contributed by atoms with Gasteiger partial charge in [-0.2, -0.15) is 40.4 Å². The highest BCUT2D eigenvalue weighted by Gasteiger charge is 2.26. The number of aryl methyl sites for hydroxylation is 3. The van der Waals surface area contributed by atoms with E-state index >= 15 is 0 Å². The Morgan fingerprint density at radius 1 is 0.630 bits per heavy atom. The molecule has 374 valence electrons. The maximum atomic E-state index is 13.5. The Morgan fingerprint density at radius 3 is 1.64 bits per heavy atom. The summed E-state index contributed by atoms with van der Waals surface area (Å²) < 4.78 is 111. The Bertz CT molecular complexity index is 4250. The number of fused-ring (bicyclic) bond motifs is 2. The number of hydrogen-bond acceptors (Lipinski definition) is 18. The molecule has 73 heavy (non-hydrogen) atoms. The Kier molecular flexibility index (Phi) is 13.2. The fraction of sp³-hybridized carbons (Fsp3) is 0.114. The van der Waals surface area contributed by atoms with Gasteiger partial charge in [-0.1, -0.05) is 58.6 Å². The molecule has 6 heterocycles.